The van der Waals surface area contributed by atoms with E-state index in [2.05, 4.69) is 18.9 Å². The van der Waals surface area contributed by atoms with Crippen LogP contribution in [0.5, 0.6) is 0 Å². The number of halogens is 6. The van der Waals surface area contributed by atoms with Gasteiger partial charge in [-0.2, -0.15) is 17.6 Å². The lowest BCUT2D eigenvalue weighted by Gasteiger charge is -2.26. The second-order valence-corrected chi connectivity index (χ2v) is 13.8. The molecule has 3 rings (SSSR count). The second kappa shape index (κ2) is 34.2. The quantitative estimate of drug-likeness (QED) is 0.0396. The summed E-state index contributed by atoms with van der Waals surface area (Å²) in [5.41, 5.74) is 0. The summed E-state index contributed by atoms with van der Waals surface area (Å²) in [6.45, 7) is -0.603. The smallest absolute Gasteiger partial charge is 0.394 e. The lowest BCUT2D eigenvalue weighted by Crippen LogP contribution is -2.44. The predicted octanol–water partition coefficient (Wildman–Crippen LogP) is 2.66. The summed E-state index contributed by atoms with van der Waals surface area (Å²) >= 11 is 0. The number of aliphatic hydroxyl groups is 2. The topological polar surface area (TPSA) is 201 Å². The molecule has 0 aromatic heterocycles. The zero-order valence-electron chi connectivity index (χ0n) is 35.5. The number of ether oxygens (including phenoxy) is 17. The van der Waals surface area contributed by atoms with Gasteiger partial charge in [-0.3, -0.25) is 0 Å². The number of epoxide rings is 1. The predicted molar refractivity (Wildman–Crippen MR) is 197 cm³/mol. The van der Waals surface area contributed by atoms with Crippen LogP contribution in [0.2, 0.25) is 0 Å². The van der Waals surface area contributed by atoms with Gasteiger partial charge in [-0.25, -0.2) is 9.47 Å². The first-order valence-electron chi connectivity index (χ1n) is 20.3. The van der Waals surface area contributed by atoms with Gasteiger partial charge in [-0.1, -0.05) is 0 Å². The van der Waals surface area contributed by atoms with E-state index in [0.29, 0.717) is 46.2 Å². The van der Waals surface area contributed by atoms with Gasteiger partial charge in [0.1, 0.15) is 51.2 Å². The Balaban J connectivity index is 0.000000503. The number of aliphatic hydroxyl groups excluding tert-OH is 2. The van der Waals surface area contributed by atoms with Crippen LogP contribution < -0.4 is 0 Å². The Kier molecular flexibility index (Phi) is 31.4. The van der Waals surface area contributed by atoms with Crippen molar-refractivity contribution in [3.05, 3.63) is 0 Å². The Morgan fingerprint density at radius 2 is 1.06 bits per heavy atom. The highest BCUT2D eigenvalue weighted by Gasteiger charge is 2.52. The SMILES string of the molecule is COCOC(COCCOC1CCCCO1)COCC(O)COCC(F)(F)OC(F)(F)OC(F)(F)COCCO.COCOC(COCCOC1CCCCO1)COCC1CO1. The van der Waals surface area contributed by atoms with Gasteiger partial charge >= 0.3 is 18.5 Å². The second-order valence-electron chi connectivity index (χ2n) is 13.8. The van der Waals surface area contributed by atoms with Crippen molar-refractivity contribution in [3.8, 4) is 0 Å². The third-order valence-electron chi connectivity index (χ3n) is 8.04. The molecule has 3 saturated heterocycles. The van der Waals surface area contributed by atoms with Gasteiger partial charge in [0.15, 0.2) is 12.6 Å². The van der Waals surface area contributed by atoms with E-state index in [4.69, 9.17) is 66.7 Å². The Labute approximate surface area is 357 Å². The van der Waals surface area contributed by atoms with Crippen molar-refractivity contribution in [2.45, 2.75) is 94.0 Å². The van der Waals surface area contributed by atoms with Crippen LogP contribution in [-0.2, 0) is 80.5 Å². The highest BCUT2D eigenvalue weighted by molar-refractivity contribution is 4.68. The average molecular weight is 929 g/mol. The third-order valence-corrected chi connectivity index (χ3v) is 8.04. The molecular weight excluding hydrogens is 862 g/mol. The molecule has 25 heteroatoms. The molecule has 0 aromatic rings. The molecule has 0 radical (unpaired) electrons. The molecule has 370 valence electrons. The molecule has 3 aliphatic heterocycles. The van der Waals surface area contributed by atoms with Crippen LogP contribution in [0.25, 0.3) is 0 Å². The van der Waals surface area contributed by atoms with Crippen LogP contribution in [0.1, 0.15) is 38.5 Å². The fraction of sp³-hybridized carbons (Fsp3) is 1.00. The maximum absolute atomic E-state index is 13.6. The Morgan fingerprint density at radius 1 is 0.581 bits per heavy atom. The summed E-state index contributed by atoms with van der Waals surface area (Å²) in [6.07, 6.45) is -11.1. The van der Waals surface area contributed by atoms with E-state index in [1.165, 1.54) is 13.5 Å². The minimum absolute atomic E-state index is 0.0697. The highest BCUT2D eigenvalue weighted by atomic mass is 19.3. The minimum Gasteiger partial charge on any atom is -0.394 e. The van der Waals surface area contributed by atoms with Crippen LogP contribution in [0.15, 0.2) is 0 Å². The molecule has 3 aliphatic rings. The highest BCUT2D eigenvalue weighted by Crippen LogP contribution is 2.33. The number of hydrogen-bond donors (Lipinski definition) is 2. The van der Waals surface area contributed by atoms with Gasteiger partial charge in [0.05, 0.1) is 92.5 Å². The summed E-state index contributed by atoms with van der Waals surface area (Å²) in [7, 11) is 2.99. The van der Waals surface area contributed by atoms with Crippen molar-refractivity contribution in [3.63, 3.8) is 0 Å². The van der Waals surface area contributed by atoms with Crippen LogP contribution >= 0.6 is 0 Å². The summed E-state index contributed by atoms with van der Waals surface area (Å²) in [5.74, 6) is 0. The van der Waals surface area contributed by atoms with Crippen molar-refractivity contribution >= 4 is 0 Å². The minimum atomic E-state index is -5.42. The fourth-order valence-electron chi connectivity index (χ4n) is 5.08. The van der Waals surface area contributed by atoms with E-state index < -0.39 is 70.4 Å². The lowest BCUT2D eigenvalue weighted by molar-refractivity contribution is -0.518. The van der Waals surface area contributed by atoms with Crippen molar-refractivity contribution in [1.82, 2.24) is 0 Å². The van der Waals surface area contributed by atoms with E-state index in [0.717, 1.165) is 45.3 Å². The Morgan fingerprint density at radius 3 is 1.53 bits per heavy atom. The normalized spacial score (nSPS) is 21.3. The van der Waals surface area contributed by atoms with Crippen LogP contribution in [0.4, 0.5) is 26.3 Å². The molecule has 3 heterocycles. The molecule has 3 fully saturated rings. The standard InChI is InChI=1S/C22H38F6O12.C15H28O7/c1-31-16-38-18(12-32-8-9-37-19-4-2-3-6-36-19)13-34-10-17(30)11-35-15-21(25,26)40-22(27,28)39-20(23,24)14-33-7-5-29;1-16-12-22-13(9-18-10-14-11-21-14)8-17-6-7-20-15-4-2-3-5-19-15/h17-19,29-30H,2-16H2,1H3;13-15H,2-12H2,1H3. The van der Waals surface area contributed by atoms with E-state index in [9.17, 15) is 31.4 Å². The largest absolute Gasteiger partial charge is 0.495 e. The molecule has 2 N–H and O–H groups in total. The zero-order valence-corrected chi connectivity index (χ0v) is 35.5. The maximum Gasteiger partial charge on any atom is 0.495 e. The van der Waals surface area contributed by atoms with Crippen molar-refractivity contribution in [2.75, 3.05) is 147 Å². The summed E-state index contributed by atoms with van der Waals surface area (Å²) in [4.78, 5) is 0. The Bertz CT molecular complexity index is 1050. The van der Waals surface area contributed by atoms with E-state index >= 15 is 0 Å². The van der Waals surface area contributed by atoms with Gasteiger partial charge in [0.2, 0.25) is 0 Å². The third kappa shape index (κ3) is 31.7. The van der Waals surface area contributed by atoms with Crippen LogP contribution in [-0.4, -0.2) is 212 Å². The first-order valence-corrected chi connectivity index (χ1v) is 20.3. The van der Waals surface area contributed by atoms with Crippen LogP contribution in [0.3, 0.4) is 0 Å². The first-order chi connectivity index (χ1) is 29.8. The molecule has 0 bridgehead atoms. The maximum atomic E-state index is 13.6. The van der Waals surface area contributed by atoms with Gasteiger partial charge < -0.3 is 81.3 Å². The lowest BCUT2D eigenvalue weighted by atomic mass is 10.2. The molecule has 0 spiro atoms. The van der Waals surface area contributed by atoms with Crippen molar-refractivity contribution in [2.24, 2.45) is 0 Å². The number of alkyl halides is 6. The molecule has 19 nitrogen and oxygen atoms in total. The molecule has 0 amide bonds. The van der Waals surface area contributed by atoms with E-state index in [1.54, 1.807) is 7.11 Å². The number of rotatable bonds is 38. The molecule has 62 heavy (non-hydrogen) atoms. The van der Waals surface area contributed by atoms with Gasteiger partial charge in [-0.15, -0.1) is 8.78 Å². The number of hydrogen-bond acceptors (Lipinski definition) is 19. The zero-order chi connectivity index (χ0) is 45.4. The molecule has 6 unspecified atom stereocenters. The van der Waals surface area contributed by atoms with E-state index in [1.807, 2.05) is 0 Å². The summed E-state index contributed by atoms with van der Waals surface area (Å²) in [6, 6.07) is 0. The first kappa shape index (κ1) is 56.9. The van der Waals surface area contributed by atoms with Gasteiger partial charge in [0.25, 0.3) is 0 Å². The summed E-state index contributed by atoms with van der Waals surface area (Å²) in [5, 5.41) is 18.2. The average Bonchev–Trinajstić information content (AvgIpc) is 4.06. The van der Waals surface area contributed by atoms with Crippen molar-refractivity contribution < 1.29 is 117 Å². The molecular formula is C37H66F6O19. The van der Waals surface area contributed by atoms with Crippen LogP contribution in [0, 0.1) is 0 Å². The summed E-state index contributed by atoms with van der Waals surface area (Å²) < 4.78 is 165. The molecule has 0 aliphatic carbocycles. The molecule has 6 atom stereocenters. The van der Waals surface area contributed by atoms with Gasteiger partial charge in [0, 0.05) is 27.4 Å². The molecule has 0 aromatic carbocycles. The van der Waals surface area contributed by atoms with Crippen molar-refractivity contribution in [1.29, 1.82) is 0 Å². The number of methoxy groups -OCH3 is 2. The fourth-order valence-corrected chi connectivity index (χ4v) is 5.08. The Hall–Kier alpha value is -1.18. The van der Waals surface area contributed by atoms with Gasteiger partial charge in [-0.05, 0) is 38.5 Å². The molecule has 0 saturated carbocycles. The monoisotopic (exact) mass is 928 g/mol. The van der Waals surface area contributed by atoms with E-state index in [-0.39, 0.29) is 58.2 Å².